The van der Waals surface area contributed by atoms with Crippen molar-refractivity contribution < 1.29 is 23.4 Å². The number of sulfonamides is 1. The van der Waals surface area contributed by atoms with Crippen LogP contribution in [0.1, 0.15) is 37.0 Å². The van der Waals surface area contributed by atoms with Crippen molar-refractivity contribution >= 4 is 21.7 Å². The summed E-state index contributed by atoms with van der Waals surface area (Å²) in [5, 5.41) is 21.0. The number of nitrogens with one attached hydrogen (secondary N) is 2. The largest absolute Gasteiger partial charge is 0.478 e. The maximum atomic E-state index is 12.0. The minimum absolute atomic E-state index is 0.0815. The number of carbonyl (C=O) groups is 1. The summed E-state index contributed by atoms with van der Waals surface area (Å²) < 4.78 is 26.1. The van der Waals surface area contributed by atoms with Crippen LogP contribution in [0, 0.1) is 0 Å². The van der Waals surface area contributed by atoms with Crippen molar-refractivity contribution in [3.63, 3.8) is 0 Å². The molecular formula is C14H22N2O5S. The maximum absolute atomic E-state index is 12.0. The molecule has 1 rings (SSSR count). The fourth-order valence-corrected chi connectivity index (χ4v) is 3.07. The van der Waals surface area contributed by atoms with Gasteiger partial charge in [-0.25, -0.2) is 17.9 Å². The Labute approximate surface area is 130 Å². The molecule has 0 aromatic heterocycles. The predicted molar refractivity (Wildman–Crippen MR) is 83.7 cm³/mol. The summed E-state index contributed by atoms with van der Waals surface area (Å²) in [6.07, 6.45) is 1.82. The molecule has 0 heterocycles. The smallest absolute Gasteiger partial charge is 0.337 e. The van der Waals surface area contributed by atoms with Crippen LogP contribution < -0.4 is 10.0 Å². The highest BCUT2D eigenvalue weighted by atomic mass is 32.2. The second-order valence-electron chi connectivity index (χ2n) is 4.97. The van der Waals surface area contributed by atoms with Gasteiger partial charge < -0.3 is 15.5 Å². The molecule has 0 aliphatic heterocycles. The zero-order valence-electron chi connectivity index (χ0n) is 12.7. The third-order valence-corrected chi connectivity index (χ3v) is 4.52. The van der Waals surface area contributed by atoms with Crippen molar-refractivity contribution in [3.8, 4) is 0 Å². The van der Waals surface area contributed by atoms with Crippen LogP contribution in [0.4, 0.5) is 5.69 Å². The number of carboxylic acid groups (broad SMARTS) is 1. The highest BCUT2D eigenvalue weighted by Crippen LogP contribution is 2.22. The quantitative estimate of drug-likeness (QED) is 0.542. The summed E-state index contributed by atoms with van der Waals surface area (Å²) in [5.41, 5.74) is 0.282. The number of anilines is 1. The van der Waals surface area contributed by atoms with Crippen molar-refractivity contribution in [2.45, 2.75) is 37.6 Å². The van der Waals surface area contributed by atoms with E-state index in [0.717, 1.165) is 18.9 Å². The number of aliphatic hydroxyl groups excluding tert-OH is 1. The van der Waals surface area contributed by atoms with Crippen LogP contribution in [0.15, 0.2) is 23.1 Å². The molecule has 0 amide bonds. The van der Waals surface area contributed by atoms with Gasteiger partial charge in [0.05, 0.1) is 17.1 Å². The monoisotopic (exact) mass is 330 g/mol. The van der Waals surface area contributed by atoms with E-state index < -0.39 is 16.0 Å². The number of hydrogen-bond donors (Lipinski definition) is 4. The average molecular weight is 330 g/mol. The molecule has 0 aliphatic carbocycles. The molecule has 1 aromatic rings. The van der Waals surface area contributed by atoms with Crippen molar-refractivity contribution in [2.75, 3.05) is 18.5 Å². The highest BCUT2D eigenvalue weighted by Gasteiger charge is 2.19. The molecule has 1 unspecified atom stereocenters. The van der Waals surface area contributed by atoms with Gasteiger partial charge in [-0.1, -0.05) is 13.3 Å². The predicted octanol–water partition coefficient (Wildman–Crippen LogP) is 1.26. The lowest BCUT2D eigenvalue weighted by molar-refractivity contribution is 0.0697. The molecule has 0 radical (unpaired) electrons. The van der Waals surface area contributed by atoms with Gasteiger partial charge in [0.15, 0.2) is 0 Å². The van der Waals surface area contributed by atoms with E-state index in [-0.39, 0.29) is 29.7 Å². The summed E-state index contributed by atoms with van der Waals surface area (Å²) in [6.45, 7) is 3.50. The number of hydrogen-bond acceptors (Lipinski definition) is 5. The molecule has 0 fully saturated rings. The normalized spacial score (nSPS) is 12.9. The average Bonchev–Trinajstić information content (AvgIpc) is 2.45. The molecule has 8 heteroatoms. The molecule has 1 aromatic carbocycles. The molecule has 4 N–H and O–H groups in total. The summed E-state index contributed by atoms with van der Waals surface area (Å²) in [4.78, 5) is 11.2. The van der Waals surface area contributed by atoms with Gasteiger partial charge in [-0.05, 0) is 31.5 Å². The Kier molecular flexibility index (Phi) is 6.79. The highest BCUT2D eigenvalue weighted by molar-refractivity contribution is 7.89. The van der Waals surface area contributed by atoms with Crippen LogP contribution in [0.5, 0.6) is 0 Å². The Morgan fingerprint density at radius 3 is 2.59 bits per heavy atom. The molecule has 0 saturated carbocycles. The van der Waals surface area contributed by atoms with Gasteiger partial charge in [0.2, 0.25) is 10.0 Å². The molecular weight excluding hydrogens is 308 g/mol. The standard InChI is InChI=1S/C14H22N2O5S/c1-3-4-10(2)16-13-6-5-11(9-12(13)14(18)19)22(20,21)15-7-8-17/h5-6,9-10,15-17H,3-4,7-8H2,1-2H3,(H,18,19). The van der Waals surface area contributed by atoms with Gasteiger partial charge in [-0.2, -0.15) is 0 Å². The van der Waals surface area contributed by atoms with E-state index in [9.17, 15) is 18.3 Å². The zero-order valence-corrected chi connectivity index (χ0v) is 13.5. The van der Waals surface area contributed by atoms with E-state index in [2.05, 4.69) is 10.0 Å². The fourth-order valence-electron chi connectivity index (χ4n) is 2.03. The Morgan fingerprint density at radius 1 is 1.36 bits per heavy atom. The molecule has 22 heavy (non-hydrogen) atoms. The molecule has 0 spiro atoms. The Morgan fingerprint density at radius 2 is 2.05 bits per heavy atom. The van der Waals surface area contributed by atoms with Crippen LogP contribution in [0.25, 0.3) is 0 Å². The van der Waals surface area contributed by atoms with Crippen molar-refractivity contribution in [1.29, 1.82) is 0 Å². The van der Waals surface area contributed by atoms with Crippen LogP contribution in [0.2, 0.25) is 0 Å². The summed E-state index contributed by atoms with van der Waals surface area (Å²) in [5.74, 6) is -1.20. The molecule has 1 atom stereocenters. The van der Waals surface area contributed by atoms with Gasteiger partial charge in [0, 0.05) is 18.3 Å². The second kappa shape index (κ2) is 8.11. The minimum atomic E-state index is -3.84. The first-order valence-corrected chi connectivity index (χ1v) is 8.54. The first kappa shape index (κ1) is 18.4. The molecule has 0 aliphatic rings. The SMILES string of the molecule is CCCC(C)Nc1ccc(S(=O)(=O)NCCO)cc1C(=O)O. The van der Waals surface area contributed by atoms with Gasteiger partial charge in [-0.3, -0.25) is 0 Å². The molecule has 7 nitrogen and oxygen atoms in total. The maximum Gasteiger partial charge on any atom is 0.337 e. The minimum Gasteiger partial charge on any atom is -0.478 e. The van der Waals surface area contributed by atoms with E-state index >= 15 is 0 Å². The zero-order chi connectivity index (χ0) is 16.8. The molecule has 0 bridgehead atoms. The number of aliphatic hydroxyl groups is 1. The summed E-state index contributed by atoms with van der Waals surface area (Å²) >= 11 is 0. The van der Waals surface area contributed by atoms with Crippen molar-refractivity contribution in [1.82, 2.24) is 4.72 Å². The van der Waals surface area contributed by atoms with Gasteiger partial charge >= 0.3 is 5.97 Å². The van der Waals surface area contributed by atoms with E-state index in [1.807, 2.05) is 13.8 Å². The lowest BCUT2D eigenvalue weighted by Gasteiger charge is -2.17. The Hall–Kier alpha value is -1.64. The van der Waals surface area contributed by atoms with E-state index in [1.54, 1.807) is 0 Å². The van der Waals surface area contributed by atoms with Crippen LogP contribution >= 0.6 is 0 Å². The molecule has 0 saturated heterocycles. The van der Waals surface area contributed by atoms with Gasteiger partial charge in [0.1, 0.15) is 0 Å². The van der Waals surface area contributed by atoms with Crippen molar-refractivity contribution in [3.05, 3.63) is 23.8 Å². The van der Waals surface area contributed by atoms with Crippen LogP contribution in [-0.2, 0) is 10.0 Å². The number of carboxylic acids is 1. The third-order valence-electron chi connectivity index (χ3n) is 3.06. The number of aromatic carboxylic acids is 1. The summed E-state index contributed by atoms with van der Waals surface area (Å²) in [7, 11) is -3.84. The van der Waals surface area contributed by atoms with Gasteiger partial charge in [0.25, 0.3) is 0 Å². The first-order valence-electron chi connectivity index (χ1n) is 7.06. The van der Waals surface area contributed by atoms with E-state index in [0.29, 0.717) is 5.69 Å². The number of rotatable bonds is 9. The van der Waals surface area contributed by atoms with E-state index in [4.69, 9.17) is 5.11 Å². The first-order chi connectivity index (χ1) is 10.3. The lowest BCUT2D eigenvalue weighted by atomic mass is 10.1. The third kappa shape index (κ3) is 4.97. The Balaban J connectivity index is 3.12. The van der Waals surface area contributed by atoms with Crippen molar-refractivity contribution in [2.24, 2.45) is 0 Å². The number of benzene rings is 1. The molecule has 124 valence electrons. The van der Waals surface area contributed by atoms with Crippen LogP contribution in [-0.4, -0.2) is 43.8 Å². The topological polar surface area (TPSA) is 116 Å². The Bertz CT molecular complexity index is 616. The van der Waals surface area contributed by atoms with Crippen LogP contribution in [0.3, 0.4) is 0 Å². The summed E-state index contributed by atoms with van der Waals surface area (Å²) in [6, 6.07) is 3.98. The second-order valence-corrected chi connectivity index (χ2v) is 6.73. The lowest BCUT2D eigenvalue weighted by Crippen LogP contribution is -2.27. The van der Waals surface area contributed by atoms with E-state index in [1.165, 1.54) is 12.1 Å². The fraction of sp³-hybridized carbons (Fsp3) is 0.500. The van der Waals surface area contributed by atoms with Gasteiger partial charge in [-0.15, -0.1) is 0 Å².